The number of fused-ring (bicyclic) bond motifs is 8. The van der Waals surface area contributed by atoms with Crippen molar-refractivity contribution in [3.8, 4) is 22.3 Å². The van der Waals surface area contributed by atoms with Gasteiger partial charge in [-0.2, -0.15) is 0 Å². The third-order valence-corrected chi connectivity index (χ3v) is 25.8. The van der Waals surface area contributed by atoms with Gasteiger partial charge < -0.3 is 0 Å². The first-order valence-electron chi connectivity index (χ1n) is 16.0. The molecule has 7 rings (SSSR count). The fourth-order valence-electron chi connectivity index (χ4n) is 9.47. The van der Waals surface area contributed by atoms with Crippen molar-refractivity contribution in [1.82, 2.24) is 0 Å². The molecule has 4 aromatic rings. The fourth-order valence-corrected chi connectivity index (χ4v) is 26.6. The summed E-state index contributed by atoms with van der Waals surface area (Å²) in [7, 11) is -2.11. The molecule has 0 saturated carbocycles. The molecule has 0 N–H and O–H groups in total. The summed E-state index contributed by atoms with van der Waals surface area (Å²) < 4.78 is 6.76. The first-order valence-corrected chi connectivity index (χ1v) is 26.7. The van der Waals surface area contributed by atoms with Crippen LogP contribution < -0.4 is 0 Å². The Morgan fingerprint density at radius 1 is 0.571 bits per heavy atom. The van der Waals surface area contributed by atoms with Gasteiger partial charge in [0.05, 0.1) is 0 Å². The van der Waals surface area contributed by atoms with Crippen LogP contribution in [-0.2, 0) is 33.1 Å². The molecule has 212 valence electrons. The zero-order valence-corrected chi connectivity index (χ0v) is 30.1. The molecular formula is C40H44SiZr. The molecule has 3 aliphatic rings. The molecule has 4 aromatic carbocycles. The third kappa shape index (κ3) is 3.87. The van der Waals surface area contributed by atoms with E-state index in [1.54, 1.807) is 43.8 Å². The molecule has 2 unspecified atom stereocenters. The number of aryl methyl sites for hydroxylation is 2. The Kier molecular flexibility index (Phi) is 6.73. The zero-order valence-electron chi connectivity index (χ0n) is 26.7. The average Bonchev–Trinajstić information content (AvgIpc) is 3.49. The van der Waals surface area contributed by atoms with E-state index in [4.69, 9.17) is 0 Å². The van der Waals surface area contributed by atoms with Crippen molar-refractivity contribution in [2.75, 3.05) is 0 Å². The van der Waals surface area contributed by atoms with Crippen molar-refractivity contribution in [1.29, 1.82) is 0 Å². The summed E-state index contributed by atoms with van der Waals surface area (Å²) in [6.07, 6.45) is 2.17. The van der Waals surface area contributed by atoms with Gasteiger partial charge in [0, 0.05) is 0 Å². The standard InChI is InChI=1S/C38H38Si.2CH3.Zr/c1-7-27-15-19-29(20-16-27)33-13-9-11-31-23-25(3)37(35(31)33)39(5,6)38-26(4)24-32-12-10-14-34(36(32)38)30-21-17-28(8-2)18-22-30;;;/h9-24H,7-8H2,1-6H3;2*1H3;. The Morgan fingerprint density at radius 2 is 0.952 bits per heavy atom. The zero-order chi connectivity index (χ0) is 29.6. The second-order valence-electron chi connectivity index (χ2n) is 14.1. The Labute approximate surface area is 259 Å². The van der Waals surface area contributed by atoms with Crippen LogP contribution in [0.4, 0.5) is 0 Å². The summed E-state index contributed by atoms with van der Waals surface area (Å²) in [5.41, 5.74) is 18.4. The number of hydrogen-bond donors (Lipinski definition) is 0. The summed E-state index contributed by atoms with van der Waals surface area (Å²) >= 11 is -2.91. The number of allylic oxidation sites excluding steroid dienone is 2. The SMILES string of the molecule is CCc1ccc(-c2cccc3c2C2=C(C)[CH]3[Zr]([CH3])([CH3])[CH]3C(C)=C(c4c(-c5ccc(CC)cc5)cccc43)[Si]2(C)C)cc1. The molecule has 2 aliphatic carbocycles. The van der Waals surface area contributed by atoms with Gasteiger partial charge in [-0.1, -0.05) is 0 Å². The third-order valence-electron chi connectivity index (χ3n) is 11.1. The predicted molar refractivity (Wildman–Crippen MR) is 182 cm³/mol. The van der Waals surface area contributed by atoms with Crippen molar-refractivity contribution in [3.05, 3.63) is 129 Å². The molecule has 4 bridgehead atoms. The van der Waals surface area contributed by atoms with Crippen LogP contribution in [0.3, 0.4) is 0 Å². The van der Waals surface area contributed by atoms with Crippen molar-refractivity contribution in [2.24, 2.45) is 0 Å². The molecule has 0 aromatic heterocycles. The Morgan fingerprint density at radius 3 is 1.31 bits per heavy atom. The first-order chi connectivity index (χ1) is 20.1. The monoisotopic (exact) mass is 642 g/mol. The van der Waals surface area contributed by atoms with Gasteiger partial charge in [0.2, 0.25) is 0 Å². The van der Waals surface area contributed by atoms with Crippen LogP contribution in [0.25, 0.3) is 32.6 Å². The normalized spacial score (nSPS) is 21.2. The molecule has 0 amide bonds. The molecule has 0 nitrogen and oxygen atoms in total. The summed E-state index contributed by atoms with van der Waals surface area (Å²) in [5.74, 6) is 0. The van der Waals surface area contributed by atoms with Gasteiger partial charge in [0.15, 0.2) is 0 Å². The van der Waals surface area contributed by atoms with Crippen molar-refractivity contribution in [3.63, 3.8) is 0 Å². The molecule has 0 spiro atoms. The van der Waals surface area contributed by atoms with E-state index in [1.165, 1.54) is 33.4 Å². The Bertz CT molecular complexity index is 1670. The molecule has 2 heteroatoms. The maximum atomic E-state index is 2.77. The number of benzene rings is 4. The molecule has 0 fully saturated rings. The maximum absolute atomic E-state index is 2.91. The van der Waals surface area contributed by atoms with Crippen LogP contribution in [0.1, 0.15) is 68.3 Å². The Hall–Kier alpha value is -2.54. The molecule has 1 heterocycles. The van der Waals surface area contributed by atoms with Gasteiger partial charge >= 0.3 is 261 Å². The van der Waals surface area contributed by atoms with Crippen LogP contribution in [-0.4, -0.2) is 8.07 Å². The van der Waals surface area contributed by atoms with Crippen LogP contribution in [0.15, 0.2) is 96.1 Å². The Balaban J connectivity index is 1.51. The second kappa shape index (κ2) is 10.0. The van der Waals surface area contributed by atoms with E-state index in [0.29, 0.717) is 7.25 Å². The van der Waals surface area contributed by atoms with Crippen molar-refractivity contribution in [2.45, 2.75) is 70.1 Å². The summed E-state index contributed by atoms with van der Waals surface area (Å²) in [6, 6.07) is 33.4. The van der Waals surface area contributed by atoms with Crippen molar-refractivity contribution >= 4 is 18.5 Å². The van der Waals surface area contributed by atoms with Crippen LogP contribution >= 0.6 is 0 Å². The quantitative estimate of drug-likeness (QED) is 0.194. The van der Waals surface area contributed by atoms with E-state index in [0.717, 1.165) is 12.8 Å². The van der Waals surface area contributed by atoms with Gasteiger partial charge in [0.1, 0.15) is 0 Å². The minimum atomic E-state index is -2.91. The molecular weight excluding hydrogens is 600 g/mol. The topological polar surface area (TPSA) is 0 Å². The molecule has 2 atom stereocenters. The van der Waals surface area contributed by atoms with Gasteiger partial charge in [0.25, 0.3) is 0 Å². The predicted octanol–water partition coefficient (Wildman–Crippen LogP) is 11.6. The summed E-state index contributed by atoms with van der Waals surface area (Å²) in [5, 5.41) is 3.47. The van der Waals surface area contributed by atoms with Crippen molar-refractivity contribution < 1.29 is 20.3 Å². The van der Waals surface area contributed by atoms with Gasteiger partial charge in [-0.05, 0) is 0 Å². The molecule has 0 saturated heterocycles. The van der Waals surface area contributed by atoms with Crippen LogP contribution in [0.5, 0.6) is 0 Å². The van der Waals surface area contributed by atoms with Crippen LogP contribution in [0.2, 0.25) is 22.4 Å². The minimum absolute atomic E-state index is 0.617. The fraction of sp³-hybridized carbons (Fsp3) is 0.300. The summed E-state index contributed by atoms with van der Waals surface area (Å²) in [6.45, 7) is 14.9. The molecule has 1 aliphatic heterocycles. The van der Waals surface area contributed by atoms with E-state index < -0.39 is 28.3 Å². The number of hydrogen-bond acceptors (Lipinski definition) is 0. The van der Waals surface area contributed by atoms with E-state index in [9.17, 15) is 0 Å². The van der Waals surface area contributed by atoms with Crippen LogP contribution in [0, 0.1) is 0 Å². The summed E-state index contributed by atoms with van der Waals surface area (Å²) in [4.78, 5) is 0. The second-order valence-corrected chi connectivity index (χ2v) is 30.1. The van der Waals surface area contributed by atoms with Gasteiger partial charge in [-0.3, -0.25) is 0 Å². The van der Waals surface area contributed by atoms with Gasteiger partial charge in [-0.15, -0.1) is 0 Å². The molecule has 0 radical (unpaired) electrons. The first kappa shape index (κ1) is 28.2. The number of rotatable bonds is 4. The van der Waals surface area contributed by atoms with E-state index in [-0.39, 0.29) is 0 Å². The van der Waals surface area contributed by atoms with E-state index >= 15 is 0 Å². The average molecular weight is 644 g/mol. The van der Waals surface area contributed by atoms with Gasteiger partial charge in [-0.25, -0.2) is 0 Å². The molecule has 42 heavy (non-hydrogen) atoms. The van der Waals surface area contributed by atoms with E-state index in [2.05, 4.69) is 135 Å². The van der Waals surface area contributed by atoms with E-state index in [1.807, 2.05) is 0 Å².